The van der Waals surface area contributed by atoms with Gasteiger partial charge in [-0.15, -0.1) is 36.2 Å². The Morgan fingerprint density at radius 1 is 1.61 bits per heavy atom. The van der Waals surface area contributed by atoms with E-state index in [1.807, 2.05) is 16.5 Å². The lowest BCUT2D eigenvalue weighted by Crippen LogP contribution is -2.42. The van der Waals surface area contributed by atoms with Crippen molar-refractivity contribution in [1.82, 2.24) is 15.2 Å². The number of nitrogens with one attached hydrogen (secondary N) is 1. The Hall–Kier alpha value is -0.360. The maximum atomic E-state index is 11.8. The van der Waals surface area contributed by atoms with Crippen LogP contribution >= 0.6 is 36.2 Å². The highest BCUT2D eigenvalue weighted by atomic mass is 35.5. The quantitative estimate of drug-likeness (QED) is 0.927. The number of carbonyl (C=O) groups excluding carboxylic acids is 1. The van der Waals surface area contributed by atoms with Crippen LogP contribution in [0.25, 0.3) is 0 Å². The Kier molecular flexibility index (Phi) is 8.52. The van der Waals surface area contributed by atoms with Crippen LogP contribution in [0.4, 0.5) is 0 Å². The summed E-state index contributed by atoms with van der Waals surface area (Å²) in [6, 6.07) is 0. The highest BCUT2D eigenvalue weighted by Crippen LogP contribution is 2.27. The summed E-state index contributed by atoms with van der Waals surface area (Å²) in [6.07, 6.45) is 4.07. The fourth-order valence-electron chi connectivity index (χ4n) is 2.10. The molecule has 18 heavy (non-hydrogen) atoms. The molecule has 4 nitrogen and oxygen atoms in total. The standard InChI is InChI=1S/C11H17N3OS.2ClH/c1-12-7-10(15)14-5-2-3-9(8-14)11-13-4-6-16-11;;/h4,6,9,12H,2-3,5,7-8H2,1H3;2*1H. The highest BCUT2D eigenvalue weighted by Gasteiger charge is 2.25. The number of rotatable bonds is 3. The molecule has 1 aromatic heterocycles. The van der Waals surface area contributed by atoms with Gasteiger partial charge in [0.25, 0.3) is 0 Å². The predicted molar refractivity (Wildman–Crippen MR) is 79.1 cm³/mol. The summed E-state index contributed by atoms with van der Waals surface area (Å²) >= 11 is 1.69. The van der Waals surface area contributed by atoms with Crippen LogP contribution in [0.2, 0.25) is 0 Å². The summed E-state index contributed by atoms with van der Waals surface area (Å²) < 4.78 is 0. The van der Waals surface area contributed by atoms with Crippen LogP contribution in [0.1, 0.15) is 23.8 Å². The van der Waals surface area contributed by atoms with Crippen molar-refractivity contribution in [3.8, 4) is 0 Å². The van der Waals surface area contributed by atoms with E-state index in [1.54, 1.807) is 18.4 Å². The maximum Gasteiger partial charge on any atom is 0.236 e. The van der Waals surface area contributed by atoms with Gasteiger partial charge in [0.05, 0.1) is 11.6 Å². The second kappa shape index (κ2) is 8.69. The van der Waals surface area contributed by atoms with Gasteiger partial charge in [0.2, 0.25) is 5.91 Å². The van der Waals surface area contributed by atoms with Crippen molar-refractivity contribution >= 4 is 42.1 Å². The Balaban J connectivity index is 0.00000144. The van der Waals surface area contributed by atoms with Crippen molar-refractivity contribution in [2.45, 2.75) is 18.8 Å². The molecule has 1 amide bonds. The van der Waals surface area contributed by atoms with Gasteiger partial charge in [-0.2, -0.15) is 0 Å². The summed E-state index contributed by atoms with van der Waals surface area (Å²) in [7, 11) is 1.81. The van der Waals surface area contributed by atoms with Crippen molar-refractivity contribution in [2.75, 3.05) is 26.7 Å². The normalized spacial score (nSPS) is 18.7. The van der Waals surface area contributed by atoms with Crippen molar-refractivity contribution < 1.29 is 4.79 Å². The zero-order chi connectivity index (χ0) is 11.4. The Morgan fingerprint density at radius 2 is 2.39 bits per heavy atom. The van der Waals surface area contributed by atoms with Crippen LogP contribution in [-0.4, -0.2) is 42.5 Å². The number of carbonyl (C=O) groups is 1. The van der Waals surface area contributed by atoms with Gasteiger partial charge in [-0.05, 0) is 19.9 Å². The molecule has 104 valence electrons. The third kappa shape index (κ3) is 4.39. The number of hydrogen-bond acceptors (Lipinski definition) is 4. The number of piperidine rings is 1. The van der Waals surface area contributed by atoms with E-state index in [2.05, 4.69) is 10.3 Å². The van der Waals surface area contributed by atoms with Gasteiger partial charge in [-0.25, -0.2) is 4.98 Å². The lowest BCUT2D eigenvalue weighted by Gasteiger charge is -2.31. The van der Waals surface area contributed by atoms with E-state index >= 15 is 0 Å². The number of amides is 1. The number of hydrogen-bond donors (Lipinski definition) is 1. The van der Waals surface area contributed by atoms with Crippen LogP contribution in [0, 0.1) is 0 Å². The lowest BCUT2D eigenvalue weighted by molar-refractivity contribution is -0.131. The van der Waals surface area contributed by atoms with E-state index in [4.69, 9.17) is 0 Å². The molecule has 1 fully saturated rings. The first-order valence-corrected chi connectivity index (χ1v) is 6.51. The summed E-state index contributed by atoms with van der Waals surface area (Å²) in [6.45, 7) is 2.15. The molecule has 1 aliphatic heterocycles. The van der Waals surface area contributed by atoms with E-state index < -0.39 is 0 Å². The molecule has 7 heteroatoms. The zero-order valence-corrected chi connectivity index (χ0v) is 12.7. The highest BCUT2D eigenvalue weighted by molar-refractivity contribution is 7.09. The number of likely N-dealkylation sites (N-methyl/N-ethyl adjacent to an activating group) is 1. The van der Waals surface area contributed by atoms with Crippen molar-refractivity contribution in [3.05, 3.63) is 16.6 Å². The van der Waals surface area contributed by atoms with Gasteiger partial charge in [-0.3, -0.25) is 4.79 Å². The van der Waals surface area contributed by atoms with E-state index in [1.165, 1.54) is 5.01 Å². The Bertz CT molecular complexity index is 348. The zero-order valence-electron chi connectivity index (χ0n) is 10.3. The summed E-state index contributed by atoms with van der Waals surface area (Å²) in [5.41, 5.74) is 0. The van der Waals surface area contributed by atoms with E-state index in [9.17, 15) is 4.79 Å². The molecule has 2 heterocycles. The fourth-order valence-corrected chi connectivity index (χ4v) is 2.87. The molecule has 0 saturated carbocycles. The fraction of sp³-hybridized carbons (Fsp3) is 0.636. The van der Waals surface area contributed by atoms with Crippen LogP contribution in [-0.2, 0) is 4.79 Å². The number of likely N-dealkylation sites (tertiary alicyclic amines) is 1. The van der Waals surface area contributed by atoms with Crippen LogP contribution in [0.5, 0.6) is 0 Å². The van der Waals surface area contributed by atoms with Crippen LogP contribution in [0.3, 0.4) is 0 Å². The Labute approximate surface area is 124 Å². The smallest absolute Gasteiger partial charge is 0.236 e. The van der Waals surface area contributed by atoms with Gasteiger partial charge in [0, 0.05) is 30.6 Å². The second-order valence-electron chi connectivity index (χ2n) is 4.08. The van der Waals surface area contributed by atoms with Gasteiger partial charge < -0.3 is 10.2 Å². The first-order valence-electron chi connectivity index (χ1n) is 5.63. The van der Waals surface area contributed by atoms with Crippen molar-refractivity contribution in [3.63, 3.8) is 0 Å². The van der Waals surface area contributed by atoms with E-state index in [0.29, 0.717) is 12.5 Å². The molecular weight excluding hydrogens is 293 g/mol. The molecule has 0 aliphatic carbocycles. The minimum atomic E-state index is 0. The van der Waals surface area contributed by atoms with Crippen molar-refractivity contribution in [1.29, 1.82) is 0 Å². The molecule has 1 atom stereocenters. The monoisotopic (exact) mass is 311 g/mol. The van der Waals surface area contributed by atoms with Crippen LogP contribution < -0.4 is 5.32 Å². The third-order valence-corrected chi connectivity index (χ3v) is 3.84. The molecule has 2 rings (SSSR count). The minimum Gasteiger partial charge on any atom is -0.341 e. The van der Waals surface area contributed by atoms with Gasteiger partial charge in [0.1, 0.15) is 0 Å². The largest absolute Gasteiger partial charge is 0.341 e. The molecule has 0 spiro atoms. The Morgan fingerprint density at radius 3 is 3.00 bits per heavy atom. The van der Waals surface area contributed by atoms with Gasteiger partial charge in [-0.1, -0.05) is 0 Å². The SMILES string of the molecule is CNCC(=O)N1CCCC(c2nccs2)C1.Cl.Cl. The molecule has 0 bridgehead atoms. The number of aromatic nitrogens is 1. The molecule has 1 saturated heterocycles. The molecule has 1 aromatic rings. The summed E-state index contributed by atoms with van der Waals surface area (Å²) in [5, 5.41) is 6.08. The van der Waals surface area contributed by atoms with E-state index in [-0.39, 0.29) is 30.7 Å². The predicted octanol–water partition coefficient (Wildman–Crippen LogP) is 1.91. The molecular formula is C11H19Cl2N3OS. The first-order chi connectivity index (χ1) is 7.81. The van der Waals surface area contributed by atoms with Gasteiger partial charge >= 0.3 is 0 Å². The molecule has 1 aliphatic rings. The molecule has 1 unspecified atom stereocenters. The topological polar surface area (TPSA) is 45.2 Å². The summed E-state index contributed by atoms with van der Waals surface area (Å²) in [5.74, 6) is 0.637. The average Bonchev–Trinajstić information content (AvgIpc) is 2.83. The van der Waals surface area contributed by atoms with E-state index in [0.717, 1.165) is 25.9 Å². The van der Waals surface area contributed by atoms with Crippen molar-refractivity contribution in [2.24, 2.45) is 0 Å². The third-order valence-electron chi connectivity index (χ3n) is 2.90. The number of halogens is 2. The lowest BCUT2D eigenvalue weighted by atomic mass is 9.99. The molecule has 1 N–H and O–H groups in total. The number of thiazole rings is 1. The van der Waals surface area contributed by atoms with Gasteiger partial charge in [0.15, 0.2) is 0 Å². The first kappa shape index (κ1) is 17.6. The second-order valence-corrected chi connectivity index (χ2v) is 5.01. The molecule has 0 radical (unpaired) electrons. The average molecular weight is 312 g/mol. The number of nitrogens with zero attached hydrogens (tertiary/aromatic N) is 2. The summed E-state index contributed by atoms with van der Waals surface area (Å²) in [4.78, 5) is 18.1. The molecule has 0 aromatic carbocycles. The van der Waals surface area contributed by atoms with Crippen LogP contribution in [0.15, 0.2) is 11.6 Å². The minimum absolute atomic E-state index is 0. The maximum absolute atomic E-state index is 11.8.